The molecule has 11 heavy (non-hydrogen) atoms. The van der Waals surface area contributed by atoms with E-state index in [1.54, 1.807) is 0 Å². The first-order valence-electron chi connectivity index (χ1n) is 4.28. The van der Waals surface area contributed by atoms with Crippen LogP contribution in [0.1, 0.15) is 26.7 Å². The van der Waals surface area contributed by atoms with Gasteiger partial charge in [0.05, 0.1) is 0 Å². The Morgan fingerprint density at radius 1 is 1.45 bits per heavy atom. The van der Waals surface area contributed by atoms with Crippen LogP contribution >= 0.6 is 0 Å². The highest BCUT2D eigenvalue weighted by Crippen LogP contribution is 2.55. The topological polar surface area (TPSA) is 17.1 Å². The van der Waals surface area contributed by atoms with Crippen LogP contribution in [-0.4, -0.2) is 5.78 Å². The van der Waals surface area contributed by atoms with E-state index in [-0.39, 0.29) is 11.3 Å². The van der Waals surface area contributed by atoms with Gasteiger partial charge in [0.2, 0.25) is 0 Å². The van der Waals surface area contributed by atoms with E-state index in [1.165, 1.54) is 5.57 Å². The summed E-state index contributed by atoms with van der Waals surface area (Å²) in [7, 11) is 0. The number of allylic oxidation sites excluding steroid dienone is 1. The molecule has 0 N–H and O–H groups in total. The Hall–Kier alpha value is -0.590. The molecule has 0 spiro atoms. The number of carbonyl (C=O) groups is 1. The normalized spacial score (nSPS) is 40.2. The largest absolute Gasteiger partial charge is 0.299 e. The molecule has 2 bridgehead atoms. The number of rotatable bonds is 0. The molecule has 0 aliphatic heterocycles. The summed E-state index contributed by atoms with van der Waals surface area (Å²) >= 11 is 0. The molecule has 0 radical (unpaired) electrons. The lowest BCUT2D eigenvalue weighted by atomic mass is 9.73. The van der Waals surface area contributed by atoms with Crippen molar-refractivity contribution in [1.82, 2.24) is 0 Å². The fourth-order valence-corrected chi connectivity index (χ4v) is 2.60. The van der Waals surface area contributed by atoms with Crippen molar-refractivity contribution in [3.8, 4) is 0 Å². The Bertz CT molecular complexity index is 237. The molecule has 0 unspecified atom stereocenters. The molecular weight excluding hydrogens is 136 g/mol. The third-order valence-corrected chi connectivity index (χ3v) is 3.55. The predicted octanol–water partition coefficient (Wildman–Crippen LogP) is 2.18. The zero-order valence-corrected chi connectivity index (χ0v) is 7.18. The Kier molecular flexibility index (Phi) is 1.14. The fourth-order valence-electron chi connectivity index (χ4n) is 2.60. The molecule has 1 nitrogen and oxygen atoms in total. The third-order valence-electron chi connectivity index (χ3n) is 3.55. The average Bonchev–Trinajstić information content (AvgIpc) is 2.34. The zero-order chi connectivity index (χ0) is 8.22. The first-order chi connectivity index (χ1) is 5.05. The first kappa shape index (κ1) is 7.08. The number of fused-ring (bicyclic) bond motifs is 2. The van der Waals surface area contributed by atoms with E-state index in [1.807, 2.05) is 0 Å². The monoisotopic (exact) mass is 150 g/mol. The average molecular weight is 150 g/mol. The summed E-state index contributed by atoms with van der Waals surface area (Å²) < 4.78 is 0. The highest BCUT2D eigenvalue weighted by molar-refractivity contribution is 5.92. The van der Waals surface area contributed by atoms with Crippen LogP contribution in [0.4, 0.5) is 0 Å². The number of hydrogen-bond acceptors (Lipinski definition) is 1. The molecule has 2 aliphatic rings. The highest BCUT2D eigenvalue weighted by atomic mass is 16.1. The molecule has 2 atom stereocenters. The SMILES string of the molecule is C=C1[C@H]2CC[C@H](C2=O)C1(C)C. The van der Waals surface area contributed by atoms with Crippen LogP contribution in [0.5, 0.6) is 0 Å². The van der Waals surface area contributed by atoms with Crippen LogP contribution in [0.15, 0.2) is 12.2 Å². The van der Waals surface area contributed by atoms with Crippen molar-refractivity contribution in [2.45, 2.75) is 26.7 Å². The summed E-state index contributed by atoms with van der Waals surface area (Å²) in [5.41, 5.74) is 1.28. The van der Waals surface area contributed by atoms with Crippen LogP contribution in [0.3, 0.4) is 0 Å². The van der Waals surface area contributed by atoms with E-state index in [4.69, 9.17) is 0 Å². The van der Waals surface area contributed by atoms with Crippen molar-refractivity contribution < 1.29 is 4.79 Å². The van der Waals surface area contributed by atoms with Gasteiger partial charge in [0, 0.05) is 11.8 Å². The van der Waals surface area contributed by atoms with E-state index >= 15 is 0 Å². The standard InChI is InChI=1S/C10H14O/c1-6-7-4-5-8(9(7)11)10(6,2)3/h7-8H,1,4-5H2,2-3H3/t7-,8-/m1/s1. The van der Waals surface area contributed by atoms with E-state index < -0.39 is 0 Å². The summed E-state index contributed by atoms with van der Waals surface area (Å²) in [5.74, 6) is 0.968. The van der Waals surface area contributed by atoms with E-state index in [9.17, 15) is 4.79 Å². The number of carbonyl (C=O) groups excluding carboxylic acids is 1. The molecule has 2 aliphatic carbocycles. The van der Waals surface area contributed by atoms with Crippen molar-refractivity contribution in [1.29, 1.82) is 0 Å². The molecule has 2 saturated carbocycles. The van der Waals surface area contributed by atoms with Gasteiger partial charge in [-0.15, -0.1) is 0 Å². The van der Waals surface area contributed by atoms with E-state index in [2.05, 4.69) is 20.4 Å². The van der Waals surface area contributed by atoms with Gasteiger partial charge in [0.1, 0.15) is 5.78 Å². The maximum atomic E-state index is 11.5. The quantitative estimate of drug-likeness (QED) is 0.484. The lowest BCUT2D eigenvalue weighted by Gasteiger charge is -2.30. The molecule has 0 amide bonds. The highest BCUT2D eigenvalue weighted by Gasteiger charge is 2.54. The number of Topliss-reactive ketones (excluding diaryl/α,β-unsaturated/α-hetero) is 1. The Labute approximate surface area is 67.5 Å². The van der Waals surface area contributed by atoms with E-state index in [0.29, 0.717) is 11.7 Å². The molecule has 0 heterocycles. The van der Waals surface area contributed by atoms with Gasteiger partial charge >= 0.3 is 0 Å². The minimum Gasteiger partial charge on any atom is -0.299 e. The smallest absolute Gasteiger partial charge is 0.143 e. The maximum Gasteiger partial charge on any atom is 0.143 e. The van der Waals surface area contributed by atoms with Crippen LogP contribution in [0.25, 0.3) is 0 Å². The Morgan fingerprint density at radius 3 is 2.36 bits per heavy atom. The molecule has 60 valence electrons. The Morgan fingerprint density at radius 2 is 2.09 bits per heavy atom. The van der Waals surface area contributed by atoms with Crippen LogP contribution in [0.2, 0.25) is 0 Å². The van der Waals surface area contributed by atoms with Crippen molar-refractivity contribution in [2.24, 2.45) is 17.3 Å². The van der Waals surface area contributed by atoms with E-state index in [0.717, 1.165) is 12.8 Å². The van der Waals surface area contributed by atoms with Gasteiger partial charge < -0.3 is 0 Å². The van der Waals surface area contributed by atoms with Gasteiger partial charge in [-0.2, -0.15) is 0 Å². The van der Waals surface area contributed by atoms with Gasteiger partial charge in [0.15, 0.2) is 0 Å². The molecule has 0 aromatic carbocycles. The van der Waals surface area contributed by atoms with Gasteiger partial charge in [-0.05, 0) is 18.3 Å². The summed E-state index contributed by atoms with van der Waals surface area (Å²) in [6.07, 6.45) is 2.15. The van der Waals surface area contributed by atoms with Crippen molar-refractivity contribution >= 4 is 5.78 Å². The molecule has 1 heteroatoms. The lowest BCUT2D eigenvalue weighted by molar-refractivity contribution is -0.122. The second-order valence-corrected chi connectivity index (χ2v) is 4.33. The Balaban J connectivity index is 2.46. The summed E-state index contributed by atoms with van der Waals surface area (Å²) in [4.78, 5) is 11.5. The first-order valence-corrected chi connectivity index (χ1v) is 4.28. The molecule has 0 aromatic heterocycles. The predicted molar refractivity (Wildman–Crippen MR) is 44.1 cm³/mol. The van der Waals surface area contributed by atoms with Crippen molar-refractivity contribution in [3.63, 3.8) is 0 Å². The molecule has 0 saturated heterocycles. The molecule has 0 aromatic rings. The fraction of sp³-hybridized carbons (Fsp3) is 0.700. The minimum absolute atomic E-state index is 0.0972. The van der Waals surface area contributed by atoms with Gasteiger partial charge in [0.25, 0.3) is 0 Å². The van der Waals surface area contributed by atoms with Crippen LogP contribution in [0, 0.1) is 17.3 Å². The van der Waals surface area contributed by atoms with Crippen molar-refractivity contribution in [2.75, 3.05) is 0 Å². The maximum absolute atomic E-state index is 11.5. The number of hydrogen-bond donors (Lipinski definition) is 0. The minimum atomic E-state index is 0.0972. The summed E-state index contributed by atoms with van der Waals surface area (Å²) in [6, 6.07) is 0. The molecule has 2 fully saturated rings. The van der Waals surface area contributed by atoms with Gasteiger partial charge in [-0.3, -0.25) is 4.79 Å². The second-order valence-electron chi connectivity index (χ2n) is 4.33. The second kappa shape index (κ2) is 1.77. The lowest BCUT2D eigenvalue weighted by Crippen LogP contribution is -2.22. The molecular formula is C10H14O. The van der Waals surface area contributed by atoms with Gasteiger partial charge in [-0.1, -0.05) is 26.0 Å². The zero-order valence-electron chi connectivity index (χ0n) is 7.18. The van der Waals surface area contributed by atoms with Crippen molar-refractivity contribution in [3.05, 3.63) is 12.2 Å². The molecule has 2 rings (SSSR count). The summed E-state index contributed by atoms with van der Waals surface area (Å²) in [6.45, 7) is 8.32. The van der Waals surface area contributed by atoms with Crippen LogP contribution in [-0.2, 0) is 4.79 Å². The van der Waals surface area contributed by atoms with Gasteiger partial charge in [-0.25, -0.2) is 0 Å². The summed E-state index contributed by atoms with van der Waals surface area (Å²) in [5, 5.41) is 0. The van der Waals surface area contributed by atoms with Crippen LogP contribution < -0.4 is 0 Å². The third kappa shape index (κ3) is 0.640. The number of ketones is 1.